The fourth-order valence-corrected chi connectivity index (χ4v) is 1.13. The Balaban J connectivity index is 2.37. The predicted octanol–water partition coefficient (Wildman–Crippen LogP) is 0.565. The Labute approximate surface area is 89.1 Å². The van der Waals surface area contributed by atoms with E-state index in [4.69, 9.17) is 19.7 Å². The molecule has 1 rings (SSSR count). The van der Waals surface area contributed by atoms with Crippen molar-refractivity contribution in [2.75, 3.05) is 20.3 Å². The summed E-state index contributed by atoms with van der Waals surface area (Å²) >= 11 is 0. The Morgan fingerprint density at radius 2 is 2.20 bits per heavy atom. The number of hydrogen-bond acceptors (Lipinski definition) is 4. The van der Waals surface area contributed by atoms with Crippen LogP contribution in [0.4, 0.5) is 0 Å². The van der Waals surface area contributed by atoms with Gasteiger partial charge < -0.3 is 19.7 Å². The molecule has 0 aliphatic carbocycles. The van der Waals surface area contributed by atoms with E-state index in [1.807, 2.05) is 24.3 Å². The number of aliphatic hydroxyl groups is 2. The van der Waals surface area contributed by atoms with Crippen molar-refractivity contribution in [2.45, 2.75) is 12.7 Å². The molecule has 1 unspecified atom stereocenters. The van der Waals surface area contributed by atoms with Gasteiger partial charge in [-0.25, -0.2) is 0 Å². The average Bonchev–Trinajstić information content (AvgIpc) is 2.29. The second-order valence-electron chi connectivity index (χ2n) is 3.20. The SMILES string of the molecule is COc1cccc(COCC(O)CO)c1. The fourth-order valence-electron chi connectivity index (χ4n) is 1.13. The van der Waals surface area contributed by atoms with Gasteiger partial charge >= 0.3 is 0 Å². The van der Waals surface area contributed by atoms with Crippen LogP contribution in [0.1, 0.15) is 5.56 Å². The van der Waals surface area contributed by atoms with Gasteiger partial charge in [-0.15, -0.1) is 0 Å². The lowest BCUT2D eigenvalue weighted by atomic mass is 10.2. The quantitative estimate of drug-likeness (QED) is 0.723. The third-order valence-corrected chi connectivity index (χ3v) is 1.92. The molecule has 0 aromatic heterocycles. The number of methoxy groups -OCH3 is 1. The summed E-state index contributed by atoms with van der Waals surface area (Å²) in [5, 5.41) is 17.6. The Morgan fingerprint density at radius 3 is 2.87 bits per heavy atom. The molecule has 0 heterocycles. The summed E-state index contributed by atoms with van der Waals surface area (Å²) < 4.78 is 10.3. The minimum Gasteiger partial charge on any atom is -0.497 e. The summed E-state index contributed by atoms with van der Waals surface area (Å²) in [5.74, 6) is 0.777. The third-order valence-electron chi connectivity index (χ3n) is 1.92. The summed E-state index contributed by atoms with van der Waals surface area (Å²) in [7, 11) is 1.61. The zero-order chi connectivity index (χ0) is 11.1. The van der Waals surface area contributed by atoms with Gasteiger partial charge in [0.1, 0.15) is 11.9 Å². The van der Waals surface area contributed by atoms with Crippen molar-refractivity contribution < 1.29 is 19.7 Å². The maximum Gasteiger partial charge on any atom is 0.119 e. The van der Waals surface area contributed by atoms with Gasteiger partial charge in [-0.2, -0.15) is 0 Å². The summed E-state index contributed by atoms with van der Waals surface area (Å²) in [6.45, 7) is 0.250. The van der Waals surface area contributed by atoms with Crippen molar-refractivity contribution in [3.8, 4) is 5.75 Å². The van der Waals surface area contributed by atoms with Crippen molar-refractivity contribution in [1.29, 1.82) is 0 Å². The highest BCUT2D eigenvalue weighted by molar-refractivity contribution is 5.27. The first kappa shape index (κ1) is 12.0. The van der Waals surface area contributed by atoms with E-state index in [9.17, 15) is 0 Å². The van der Waals surface area contributed by atoms with Crippen molar-refractivity contribution in [3.05, 3.63) is 29.8 Å². The topological polar surface area (TPSA) is 58.9 Å². The lowest BCUT2D eigenvalue weighted by Crippen LogP contribution is -2.19. The Hall–Kier alpha value is -1.10. The van der Waals surface area contributed by atoms with Crippen LogP contribution in [0.15, 0.2) is 24.3 Å². The maximum absolute atomic E-state index is 9.04. The molecule has 0 saturated carbocycles. The van der Waals surface area contributed by atoms with Crippen LogP contribution in [0.3, 0.4) is 0 Å². The molecule has 4 heteroatoms. The summed E-state index contributed by atoms with van der Waals surface area (Å²) in [5.41, 5.74) is 0.972. The number of benzene rings is 1. The van der Waals surface area contributed by atoms with E-state index in [2.05, 4.69) is 0 Å². The lowest BCUT2D eigenvalue weighted by molar-refractivity contribution is -0.00000664. The van der Waals surface area contributed by atoms with Gasteiger partial charge in [-0.1, -0.05) is 12.1 Å². The van der Waals surface area contributed by atoms with Crippen LogP contribution in [0.25, 0.3) is 0 Å². The standard InChI is InChI=1S/C11H16O4/c1-14-11-4-2-3-9(5-11)7-15-8-10(13)6-12/h2-5,10,12-13H,6-8H2,1H3. The van der Waals surface area contributed by atoms with Gasteiger partial charge in [0.05, 0.1) is 26.9 Å². The van der Waals surface area contributed by atoms with E-state index in [-0.39, 0.29) is 13.2 Å². The molecule has 2 N–H and O–H groups in total. The molecule has 0 amide bonds. The Morgan fingerprint density at radius 1 is 1.40 bits per heavy atom. The second-order valence-corrected chi connectivity index (χ2v) is 3.20. The molecule has 1 aromatic carbocycles. The highest BCUT2D eigenvalue weighted by atomic mass is 16.5. The van der Waals surface area contributed by atoms with Gasteiger partial charge in [0.25, 0.3) is 0 Å². The summed E-state index contributed by atoms with van der Waals surface area (Å²) in [6, 6.07) is 7.51. The molecule has 0 fully saturated rings. The Bertz CT molecular complexity index is 288. The molecular formula is C11H16O4. The minimum atomic E-state index is -0.810. The summed E-state index contributed by atoms with van der Waals surface area (Å²) in [4.78, 5) is 0. The predicted molar refractivity (Wildman–Crippen MR) is 55.7 cm³/mol. The fraction of sp³-hybridized carbons (Fsp3) is 0.455. The zero-order valence-electron chi connectivity index (χ0n) is 8.72. The van der Waals surface area contributed by atoms with Gasteiger partial charge in [-0.05, 0) is 17.7 Å². The average molecular weight is 212 g/mol. The number of rotatable bonds is 6. The first-order chi connectivity index (χ1) is 7.26. The van der Waals surface area contributed by atoms with E-state index in [1.165, 1.54) is 0 Å². The monoisotopic (exact) mass is 212 g/mol. The molecule has 0 aliphatic heterocycles. The van der Waals surface area contributed by atoms with E-state index in [0.29, 0.717) is 6.61 Å². The van der Waals surface area contributed by atoms with E-state index < -0.39 is 6.10 Å². The number of ether oxygens (including phenoxy) is 2. The Kier molecular flexibility index (Phi) is 5.10. The molecular weight excluding hydrogens is 196 g/mol. The van der Waals surface area contributed by atoms with Crippen LogP contribution in [-0.4, -0.2) is 36.6 Å². The lowest BCUT2D eigenvalue weighted by Gasteiger charge is -2.08. The van der Waals surface area contributed by atoms with Gasteiger partial charge in [-0.3, -0.25) is 0 Å². The van der Waals surface area contributed by atoms with Crippen LogP contribution >= 0.6 is 0 Å². The summed E-state index contributed by atoms with van der Waals surface area (Å²) in [6.07, 6.45) is -0.810. The van der Waals surface area contributed by atoms with Crippen molar-refractivity contribution in [1.82, 2.24) is 0 Å². The first-order valence-electron chi connectivity index (χ1n) is 4.76. The molecule has 84 valence electrons. The van der Waals surface area contributed by atoms with E-state index in [1.54, 1.807) is 7.11 Å². The second kappa shape index (κ2) is 6.40. The first-order valence-corrected chi connectivity index (χ1v) is 4.76. The van der Waals surface area contributed by atoms with Gasteiger partial charge in [0.2, 0.25) is 0 Å². The van der Waals surface area contributed by atoms with Gasteiger partial charge in [0, 0.05) is 0 Å². The highest BCUT2D eigenvalue weighted by Gasteiger charge is 2.02. The maximum atomic E-state index is 9.04. The molecule has 0 spiro atoms. The third kappa shape index (κ3) is 4.29. The van der Waals surface area contributed by atoms with Crippen LogP contribution in [-0.2, 0) is 11.3 Å². The van der Waals surface area contributed by atoms with Crippen LogP contribution < -0.4 is 4.74 Å². The normalized spacial score (nSPS) is 12.5. The molecule has 0 bridgehead atoms. The minimum absolute atomic E-state index is 0.133. The van der Waals surface area contributed by atoms with Crippen LogP contribution in [0.2, 0.25) is 0 Å². The smallest absolute Gasteiger partial charge is 0.119 e. The van der Waals surface area contributed by atoms with E-state index in [0.717, 1.165) is 11.3 Å². The molecule has 0 radical (unpaired) electrons. The molecule has 1 atom stereocenters. The highest BCUT2D eigenvalue weighted by Crippen LogP contribution is 2.13. The molecule has 0 saturated heterocycles. The van der Waals surface area contributed by atoms with Crippen molar-refractivity contribution >= 4 is 0 Å². The molecule has 4 nitrogen and oxygen atoms in total. The van der Waals surface area contributed by atoms with Crippen LogP contribution in [0.5, 0.6) is 5.75 Å². The number of aliphatic hydroxyl groups excluding tert-OH is 2. The molecule has 1 aromatic rings. The molecule has 15 heavy (non-hydrogen) atoms. The van der Waals surface area contributed by atoms with Gasteiger partial charge in [0.15, 0.2) is 0 Å². The largest absolute Gasteiger partial charge is 0.497 e. The van der Waals surface area contributed by atoms with Crippen molar-refractivity contribution in [3.63, 3.8) is 0 Å². The van der Waals surface area contributed by atoms with Crippen molar-refractivity contribution in [2.24, 2.45) is 0 Å². The molecule has 0 aliphatic rings. The van der Waals surface area contributed by atoms with Crippen LogP contribution in [0, 0.1) is 0 Å². The number of hydrogen-bond donors (Lipinski definition) is 2. The zero-order valence-corrected chi connectivity index (χ0v) is 8.72. The van der Waals surface area contributed by atoms with E-state index >= 15 is 0 Å².